The predicted molar refractivity (Wildman–Crippen MR) is 66.5 cm³/mol. The van der Waals surface area contributed by atoms with Crippen LogP contribution in [-0.2, 0) is 6.42 Å². The Morgan fingerprint density at radius 2 is 2.19 bits per heavy atom. The van der Waals surface area contributed by atoms with Crippen molar-refractivity contribution in [1.82, 2.24) is 5.32 Å². The summed E-state index contributed by atoms with van der Waals surface area (Å²) in [5.41, 5.74) is 1.26. The minimum atomic E-state index is 0.383. The molecule has 1 fully saturated rings. The van der Waals surface area contributed by atoms with E-state index in [9.17, 15) is 5.11 Å². The van der Waals surface area contributed by atoms with Crippen LogP contribution in [0, 0.1) is 11.8 Å². The maximum absolute atomic E-state index is 9.44. The van der Waals surface area contributed by atoms with Gasteiger partial charge in [-0.1, -0.05) is 19.1 Å². The zero-order valence-corrected chi connectivity index (χ0v) is 10.1. The van der Waals surface area contributed by atoms with Crippen molar-refractivity contribution < 1.29 is 5.11 Å². The summed E-state index contributed by atoms with van der Waals surface area (Å²) in [7, 11) is 2.05. The van der Waals surface area contributed by atoms with Crippen LogP contribution in [0.25, 0.3) is 0 Å². The molecule has 0 saturated heterocycles. The summed E-state index contributed by atoms with van der Waals surface area (Å²) in [6, 6.07) is 8.33. The zero-order chi connectivity index (χ0) is 11.5. The molecule has 2 rings (SSSR count). The molecule has 0 radical (unpaired) electrons. The summed E-state index contributed by atoms with van der Waals surface area (Å²) in [5, 5.41) is 12.8. The molecule has 0 heterocycles. The lowest BCUT2D eigenvalue weighted by Crippen LogP contribution is -2.29. The molecule has 1 aliphatic carbocycles. The summed E-state index contributed by atoms with van der Waals surface area (Å²) in [4.78, 5) is 0. The molecule has 0 amide bonds. The van der Waals surface area contributed by atoms with E-state index in [0.717, 1.165) is 18.3 Å². The van der Waals surface area contributed by atoms with Crippen LogP contribution in [0.5, 0.6) is 5.75 Å². The molecule has 0 spiro atoms. The minimum absolute atomic E-state index is 0.383. The van der Waals surface area contributed by atoms with Crippen molar-refractivity contribution in [1.29, 1.82) is 0 Å². The maximum atomic E-state index is 9.44. The number of hydrogen-bond donors (Lipinski definition) is 2. The highest BCUT2D eigenvalue weighted by molar-refractivity contribution is 5.27. The molecule has 88 valence electrons. The first-order valence-electron chi connectivity index (χ1n) is 6.16. The largest absolute Gasteiger partial charge is 0.508 e. The molecule has 1 aromatic rings. The summed E-state index contributed by atoms with van der Waals surface area (Å²) in [6.07, 6.45) is 3.66. The van der Waals surface area contributed by atoms with E-state index in [0.29, 0.717) is 11.8 Å². The Hall–Kier alpha value is -1.02. The Balaban J connectivity index is 2.00. The number of rotatable bonds is 3. The normalized spacial score (nSPS) is 29.5. The van der Waals surface area contributed by atoms with Crippen LogP contribution in [0.2, 0.25) is 0 Å². The molecular formula is C14H21NO. The Labute approximate surface area is 97.7 Å². The van der Waals surface area contributed by atoms with Crippen molar-refractivity contribution in [2.45, 2.75) is 32.2 Å². The van der Waals surface area contributed by atoms with Gasteiger partial charge >= 0.3 is 0 Å². The first-order valence-corrected chi connectivity index (χ1v) is 6.16. The molecule has 3 unspecified atom stereocenters. The molecule has 16 heavy (non-hydrogen) atoms. The Morgan fingerprint density at radius 3 is 2.81 bits per heavy atom. The van der Waals surface area contributed by atoms with Crippen molar-refractivity contribution in [3.63, 3.8) is 0 Å². The van der Waals surface area contributed by atoms with Crippen LogP contribution in [0.4, 0.5) is 0 Å². The topological polar surface area (TPSA) is 32.3 Å². The van der Waals surface area contributed by atoms with Gasteiger partial charge in [-0.15, -0.1) is 0 Å². The molecule has 0 bridgehead atoms. The lowest BCUT2D eigenvalue weighted by molar-refractivity contribution is 0.363. The fraction of sp³-hybridized carbons (Fsp3) is 0.571. The van der Waals surface area contributed by atoms with Crippen molar-refractivity contribution in [3.05, 3.63) is 29.8 Å². The molecule has 1 aromatic carbocycles. The summed E-state index contributed by atoms with van der Waals surface area (Å²) in [6.45, 7) is 2.33. The lowest BCUT2D eigenvalue weighted by atomic mass is 9.89. The van der Waals surface area contributed by atoms with E-state index in [2.05, 4.69) is 25.4 Å². The highest BCUT2D eigenvalue weighted by Gasteiger charge is 2.31. The van der Waals surface area contributed by atoms with Gasteiger partial charge in [-0.05, 0) is 55.8 Å². The highest BCUT2D eigenvalue weighted by atomic mass is 16.3. The second-order valence-electron chi connectivity index (χ2n) is 4.97. The van der Waals surface area contributed by atoms with Crippen LogP contribution < -0.4 is 5.32 Å². The summed E-state index contributed by atoms with van der Waals surface area (Å²) < 4.78 is 0. The Kier molecular flexibility index (Phi) is 3.49. The van der Waals surface area contributed by atoms with Gasteiger partial charge in [-0.25, -0.2) is 0 Å². The van der Waals surface area contributed by atoms with E-state index >= 15 is 0 Å². The maximum Gasteiger partial charge on any atom is 0.115 e. The van der Waals surface area contributed by atoms with Crippen molar-refractivity contribution >= 4 is 0 Å². The van der Waals surface area contributed by atoms with Crippen LogP contribution in [0.1, 0.15) is 25.3 Å². The first kappa shape index (κ1) is 11.5. The van der Waals surface area contributed by atoms with Gasteiger partial charge in [0.1, 0.15) is 5.75 Å². The van der Waals surface area contributed by atoms with Crippen LogP contribution in [0.15, 0.2) is 24.3 Å². The lowest BCUT2D eigenvalue weighted by Gasteiger charge is -2.20. The van der Waals surface area contributed by atoms with Crippen molar-refractivity contribution in [2.24, 2.45) is 11.8 Å². The summed E-state index contributed by atoms with van der Waals surface area (Å²) >= 11 is 0. The third kappa shape index (κ3) is 2.38. The third-order valence-electron chi connectivity index (χ3n) is 4.01. The molecule has 3 atom stereocenters. The molecule has 0 aromatic heterocycles. The van der Waals surface area contributed by atoms with Gasteiger partial charge in [-0.3, -0.25) is 0 Å². The van der Waals surface area contributed by atoms with Crippen LogP contribution in [-0.4, -0.2) is 18.2 Å². The third-order valence-corrected chi connectivity index (χ3v) is 4.01. The summed E-state index contributed by atoms with van der Waals surface area (Å²) in [5.74, 6) is 1.86. The van der Waals surface area contributed by atoms with Gasteiger partial charge in [0.15, 0.2) is 0 Å². The number of phenolic OH excluding ortho intramolecular Hbond substituents is 1. The Morgan fingerprint density at radius 1 is 1.38 bits per heavy atom. The molecule has 1 aliphatic rings. The van der Waals surface area contributed by atoms with Crippen LogP contribution in [0.3, 0.4) is 0 Å². The van der Waals surface area contributed by atoms with Gasteiger partial charge in [0, 0.05) is 6.04 Å². The fourth-order valence-electron chi connectivity index (χ4n) is 2.93. The second kappa shape index (κ2) is 4.88. The predicted octanol–water partition coefficient (Wildman–Crippen LogP) is 2.57. The van der Waals surface area contributed by atoms with E-state index in [-0.39, 0.29) is 0 Å². The first-order chi connectivity index (χ1) is 7.70. The molecule has 2 heteroatoms. The van der Waals surface area contributed by atoms with E-state index < -0.39 is 0 Å². The quantitative estimate of drug-likeness (QED) is 0.819. The van der Waals surface area contributed by atoms with Gasteiger partial charge < -0.3 is 10.4 Å². The molecular weight excluding hydrogens is 198 g/mol. The molecule has 2 nitrogen and oxygen atoms in total. The minimum Gasteiger partial charge on any atom is -0.508 e. The van der Waals surface area contributed by atoms with E-state index in [1.807, 2.05) is 12.1 Å². The number of benzene rings is 1. The number of hydrogen-bond acceptors (Lipinski definition) is 2. The van der Waals surface area contributed by atoms with E-state index in [1.54, 1.807) is 6.07 Å². The van der Waals surface area contributed by atoms with Crippen molar-refractivity contribution in [3.8, 4) is 5.75 Å². The smallest absolute Gasteiger partial charge is 0.115 e. The van der Waals surface area contributed by atoms with Crippen molar-refractivity contribution in [2.75, 3.05) is 7.05 Å². The zero-order valence-electron chi connectivity index (χ0n) is 10.1. The monoisotopic (exact) mass is 219 g/mol. The highest BCUT2D eigenvalue weighted by Crippen LogP contribution is 2.34. The van der Waals surface area contributed by atoms with Gasteiger partial charge in [0.2, 0.25) is 0 Å². The average Bonchev–Trinajstić information content (AvgIpc) is 2.60. The van der Waals surface area contributed by atoms with Gasteiger partial charge in [0.05, 0.1) is 0 Å². The molecule has 2 N–H and O–H groups in total. The van der Waals surface area contributed by atoms with Crippen LogP contribution >= 0.6 is 0 Å². The van der Waals surface area contributed by atoms with E-state index in [4.69, 9.17) is 0 Å². The number of aromatic hydroxyl groups is 1. The SMILES string of the molecule is CNC1CCC(Cc2cccc(O)c2)C1C. The number of phenols is 1. The molecule has 0 aliphatic heterocycles. The van der Waals surface area contributed by atoms with Gasteiger partial charge in [0.25, 0.3) is 0 Å². The second-order valence-corrected chi connectivity index (χ2v) is 4.97. The average molecular weight is 219 g/mol. The Bertz CT molecular complexity index is 350. The number of nitrogens with one attached hydrogen (secondary N) is 1. The van der Waals surface area contributed by atoms with E-state index in [1.165, 1.54) is 18.4 Å². The standard InChI is InChI=1S/C14H21NO/c1-10-12(6-7-14(10)15-2)8-11-4-3-5-13(16)9-11/h3-5,9-10,12,14-16H,6-8H2,1-2H3. The fourth-order valence-corrected chi connectivity index (χ4v) is 2.93. The van der Waals surface area contributed by atoms with Gasteiger partial charge in [-0.2, -0.15) is 0 Å². The molecule has 1 saturated carbocycles.